The van der Waals surface area contributed by atoms with Gasteiger partial charge < -0.3 is 5.32 Å². The van der Waals surface area contributed by atoms with E-state index < -0.39 is 0 Å². The summed E-state index contributed by atoms with van der Waals surface area (Å²) in [5, 5.41) is 4.70. The van der Waals surface area contributed by atoms with E-state index in [9.17, 15) is 4.39 Å². The van der Waals surface area contributed by atoms with Crippen molar-refractivity contribution in [2.75, 3.05) is 5.32 Å². The monoisotopic (exact) mass is 385 g/mol. The van der Waals surface area contributed by atoms with Crippen molar-refractivity contribution in [2.24, 2.45) is 5.41 Å². The van der Waals surface area contributed by atoms with E-state index >= 15 is 0 Å². The minimum Gasteiger partial charge on any atom is -0.365 e. The lowest BCUT2D eigenvalue weighted by atomic mass is 9.82. The fourth-order valence-electron chi connectivity index (χ4n) is 3.96. The zero-order chi connectivity index (χ0) is 20.0. The second-order valence-electron chi connectivity index (χ2n) is 9.09. The lowest BCUT2D eigenvalue weighted by Gasteiger charge is -2.34. The second-order valence-corrected chi connectivity index (χ2v) is 10.3. The Kier molecular flexibility index (Phi) is 5.02. The normalized spacial score (nSPS) is 12.6. The van der Waals surface area contributed by atoms with Gasteiger partial charge in [0.2, 0.25) is 0 Å². The first kappa shape index (κ1) is 19.7. The van der Waals surface area contributed by atoms with Crippen LogP contribution in [0.4, 0.5) is 10.2 Å². The van der Waals surface area contributed by atoms with Crippen molar-refractivity contribution in [1.29, 1.82) is 0 Å². The molecule has 1 aromatic carbocycles. The van der Waals surface area contributed by atoms with Crippen molar-refractivity contribution in [3.63, 3.8) is 0 Å². The molecule has 0 radical (unpaired) electrons. The maximum atomic E-state index is 13.4. The van der Waals surface area contributed by atoms with Gasteiger partial charge in [0.05, 0.1) is 5.39 Å². The molecule has 27 heavy (non-hydrogen) atoms. The zero-order valence-corrected chi connectivity index (χ0v) is 18.0. The smallest absolute Gasteiger partial charge is 0.139 e. The van der Waals surface area contributed by atoms with Gasteiger partial charge in [-0.05, 0) is 57.2 Å². The van der Waals surface area contributed by atoms with Gasteiger partial charge in [0.1, 0.15) is 22.3 Å². The van der Waals surface area contributed by atoms with Gasteiger partial charge in [-0.1, -0.05) is 32.9 Å². The summed E-state index contributed by atoms with van der Waals surface area (Å²) in [6.45, 7) is 15.2. The van der Waals surface area contributed by atoms with E-state index in [0.717, 1.165) is 44.3 Å². The SMILES string of the molecule is Cc1nc(NC(C)(C)CC(C)(C)C)c2c(-c3ccc(F)cc3)c(C)sc2n1. The van der Waals surface area contributed by atoms with Gasteiger partial charge in [-0.3, -0.25) is 0 Å². The molecule has 144 valence electrons. The molecule has 0 aliphatic heterocycles. The fourth-order valence-corrected chi connectivity index (χ4v) is 5.05. The summed E-state index contributed by atoms with van der Waals surface area (Å²) in [7, 11) is 0. The Morgan fingerprint density at radius 1 is 1.00 bits per heavy atom. The van der Waals surface area contributed by atoms with E-state index in [2.05, 4.69) is 51.8 Å². The molecule has 0 spiro atoms. The van der Waals surface area contributed by atoms with Crippen molar-refractivity contribution >= 4 is 27.4 Å². The molecule has 3 rings (SSSR count). The summed E-state index contributed by atoms with van der Waals surface area (Å²) in [6.07, 6.45) is 1.000. The van der Waals surface area contributed by atoms with Crippen LogP contribution in [0, 0.1) is 25.1 Å². The van der Waals surface area contributed by atoms with Gasteiger partial charge in [-0.15, -0.1) is 11.3 Å². The highest BCUT2D eigenvalue weighted by atomic mass is 32.1. The molecule has 2 heterocycles. The molecule has 2 aromatic heterocycles. The molecule has 5 heteroatoms. The summed E-state index contributed by atoms with van der Waals surface area (Å²) >= 11 is 1.66. The molecule has 0 fully saturated rings. The molecule has 0 saturated carbocycles. The van der Waals surface area contributed by atoms with Crippen LogP contribution < -0.4 is 5.32 Å². The highest BCUT2D eigenvalue weighted by molar-refractivity contribution is 7.19. The molecule has 0 saturated heterocycles. The molecular weight excluding hydrogens is 357 g/mol. The number of fused-ring (bicyclic) bond motifs is 1. The lowest BCUT2D eigenvalue weighted by molar-refractivity contribution is 0.302. The second kappa shape index (κ2) is 6.86. The number of nitrogens with one attached hydrogen (secondary N) is 1. The molecule has 0 amide bonds. The number of aromatic nitrogens is 2. The average Bonchev–Trinajstić information content (AvgIpc) is 2.81. The number of thiophene rings is 1. The van der Waals surface area contributed by atoms with Crippen molar-refractivity contribution in [3.8, 4) is 11.1 Å². The van der Waals surface area contributed by atoms with Crippen LogP contribution in [0.2, 0.25) is 0 Å². The first-order valence-corrected chi connectivity index (χ1v) is 10.1. The van der Waals surface area contributed by atoms with Crippen molar-refractivity contribution in [2.45, 2.75) is 60.4 Å². The summed E-state index contributed by atoms with van der Waals surface area (Å²) < 4.78 is 13.4. The number of anilines is 1. The van der Waals surface area contributed by atoms with E-state index in [1.807, 2.05) is 19.1 Å². The highest BCUT2D eigenvalue weighted by Crippen LogP contribution is 2.42. The van der Waals surface area contributed by atoms with E-state index in [0.29, 0.717) is 0 Å². The minimum atomic E-state index is -0.229. The number of hydrogen-bond donors (Lipinski definition) is 1. The summed E-state index contributed by atoms with van der Waals surface area (Å²) in [5.74, 6) is 1.38. The van der Waals surface area contributed by atoms with Crippen LogP contribution in [-0.4, -0.2) is 15.5 Å². The molecule has 0 aliphatic carbocycles. The number of aryl methyl sites for hydroxylation is 2. The Morgan fingerprint density at radius 2 is 1.63 bits per heavy atom. The van der Waals surface area contributed by atoms with Crippen LogP contribution >= 0.6 is 11.3 Å². The van der Waals surface area contributed by atoms with Gasteiger partial charge >= 0.3 is 0 Å². The molecule has 0 bridgehead atoms. The van der Waals surface area contributed by atoms with Gasteiger partial charge in [0.15, 0.2) is 0 Å². The van der Waals surface area contributed by atoms with E-state index in [1.165, 1.54) is 12.1 Å². The molecular formula is C22H28FN3S. The van der Waals surface area contributed by atoms with Crippen LogP contribution in [0.3, 0.4) is 0 Å². The van der Waals surface area contributed by atoms with Crippen molar-refractivity contribution in [3.05, 3.63) is 40.8 Å². The fraction of sp³-hybridized carbons (Fsp3) is 0.455. The lowest BCUT2D eigenvalue weighted by Crippen LogP contribution is -2.35. The third kappa shape index (κ3) is 4.46. The Morgan fingerprint density at radius 3 is 2.22 bits per heavy atom. The summed E-state index contributed by atoms with van der Waals surface area (Å²) in [6, 6.07) is 6.66. The number of nitrogens with zero attached hydrogens (tertiary/aromatic N) is 2. The van der Waals surface area contributed by atoms with Gasteiger partial charge in [0.25, 0.3) is 0 Å². The molecule has 1 N–H and O–H groups in total. The highest BCUT2D eigenvalue weighted by Gasteiger charge is 2.28. The van der Waals surface area contributed by atoms with Gasteiger partial charge in [0, 0.05) is 16.0 Å². The van der Waals surface area contributed by atoms with E-state index in [1.54, 1.807) is 11.3 Å². The average molecular weight is 386 g/mol. The van der Waals surface area contributed by atoms with Gasteiger partial charge in [-0.25, -0.2) is 14.4 Å². The summed E-state index contributed by atoms with van der Waals surface area (Å²) in [5.41, 5.74) is 2.15. The van der Waals surface area contributed by atoms with Crippen LogP contribution in [-0.2, 0) is 0 Å². The first-order valence-electron chi connectivity index (χ1n) is 9.27. The van der Waals surface area contributed by atoms with Crippen LogP contribution in [0.15, 0.2) is 24.3 Å². The van der Waals surface area contributed by atoms with Crippen molar-refractivity contribution in [1.82, 2.24) is 9.97 Å². The third-order valence-corrected chi connectivity index (χ3v) is 5.40. The van der Waals surface area contributed by atoms with Gasteiger partial charge in [-0.2, -0.15) is 0 Å². The molecule has 0 unspecified atom stereocenters. The van der Waals surface area contributed by atoms with Crippen LogP contribution in [0.5, 0.6) is 0 Å². The topological polar surface area (TPSA) is 37.8 Å². The number of halogens is 1. The molecule has 0 aliphatic rings. The molecule has 3 aromatic rings. The molecule has 3 nitrogen and oxygen atoms in total. The van der Waals surface area contributed by atoms with Crippen LogP contribution in [0.1, 0.15) is 51.7 Å². The Labute approximate surface area is 165 Å². The number of rotatable bonds is 4. The molecule has 0 atom stereocenters. The Bertz CT molecular complexity index is 966. The predicted molar refractivity (Wildman–Crippen MR) is 114 cm³/mol. The van der Waals surface area contributed by atoms with E-state index in [-0.39, 0.29) is 16.8 Å². The minimum absolute atomic E-state index is 0.123. The predicted octanol–water partition coefficient (Wildman–Crippen LogP) is 6.74. The summed E-state index contributed by atoms with van der Waals surface area (Å²) in [4.78, 5) is 11.5. The standard InChI is InChI=1S/C22H28FN3S/c1-13-17(15-8-10-16(23)11-9-15)18-19(24-14(2)25-20(18)27-13)26-22(6,7)12-21(3,4)5/h8-11H,12H2,1-7H3,(H,24,25,26). The number of hydrogen-bond acceptors (Lipinski definition) is 4. The third-order valence-electron chi connectivity index (χ3n) is 4.40. The van der Waals surface area contributed by atoms with E-state index in [4.69, 9.17) is 4.98 Å². The van der Waals surface area contributed by atoms with Crippen molar-refractivity contribution < 1.29 is 4.39 Å². The maximum absolute atomic E-state index is 13.4. The quantitative estimate of drug-likeness (QED) is 0.540. The largest absolute Gasteiger partial charge is 0.365 e. The Balaban J connectivity index is 2.16. The number of benzene rings is 1. The maximum Gasteiger partial charge on any atom is 0.139 e. The first-order chi connectivity index (χ1) is 12.5. The van der Waals surface area contributed by atoms with Crippen LogP contribution in [0.25, 0.3) is 21.3 Å². The zero-order valence-electron chi connectivity index (χ0n) is 17.2. The Hall–Kier alpha value is -2.01.